The van der Waals surface area contributed by atoms with E-state index >= 15 is 0 Å². The molecule has 0 spiro atoms. The lowest BCUT2D eigenvalue weighted by atomic mass is 10.1. The highest BCUT2D eigenvalue weighted by Gasteiger charge is 2.19. The van der Waals surface area contributed by atoms with Crippen LogP contribution in [0.2, 0.25) is 0 Å². The number of likely N-dealkylation sites (N-methyl/N-ethyl adjacent to an activating group) is 2. The van der Waals surface area contributed by atoms with E-state index in [1.165, 1.54) is 84.1 Å². The number of nitrogens with zero attached hydrogens (tertiary/aromatic N) is 8. The summed E-state index contributed by atoms with van der Waals surface area (Å²) in [4.78, 5) is 18.6. The molecule has 412 valence electrons. The van der Waals surface area contributed by atoms with Gasteiger partial charge in [0.2, 0.25) is 0 Å². The Morgan fingerprint density at radius 3 is 1.13 bits per heavy atom. The van der Waals surface area contributed by atoms with Crippen LogP contribution >= 0.6 is 0 Å². The Balaban J connectivity index is -0.000000219. The van der Waals surface area contributed by atoms with E-state index in [9.17, 15) is 0 Å². The molecule has 3 aliphatic rings. The molecule has 2 unspecified atom stereocenters. The van der Waals surface area contributed by atoms with Crippen molar-refractivity contribution >= 4 is 0 Å². The average Bonchev–Trinajstić information content (AvgIpc) is 3.97. The van der Waals surface area contributed by atoms with Gasteiger partial charge in [-0.3, -0.25) is 4.90 Å². The van der Waals surface area contributed by atoms with Crippen molar-refractivity contribution < 1.29 is 0 Å². The summed E-state index contributed by atoms with van der Waals surface area (Å²) in [5.74, 6) is 0. The molecule has 0 radical (unpaired) electrons. The number of hydrogen-bond acceptors (Lipinski definition) is 16. The maximum absolute atomic E-state index is 5.46. The summed E-state index contributed by atoms with van der Waals surface area (Å²) < 4.78 is 0. The van der Waals surface area contributed by atoms with Crippen LogP contribution in [0.15, 0.2) is 0 Å². The monoisotopic (exact) mass is 965 g/mol. The van der Waals surface area contributed by atoms with E-state index in [1.54, 1.807) is 0 Å². The fourth-order valence-corrected chi connectivity index (χ4v) is 7.91. The molecule has 3 rings (SSSR count). The number of nitrogens with two attached hydrogens (primary N) is 8. The zero-order valence-corrected chi connectivity index (χ0v) is 47.8. The molecule has 16 nitrogen and oxygen atoms in total. The van der Waals surface area contributed by atoms with Crippen LogP contribution in [0.4, 0.5) is 0 Å². The quantitative estimate of drug-likeness (QED) is 0.0695. The van der Waals surface area contributed by atoms with Gasteiger partial charge in [0.05, 0.1) is 0 Å². The first-order chi connectivity index (χ1) is 31.9. The maximum Gasteiger partial charge on any atom is 0.0138 e. The van der Waals surface area contributed by atoms with E-state index in [4.69, 9.17) is 45.9 Å². The number of rotatable bonds is 24. The molecular formula is C51H128N16. The van der Waals surface area contributed by atoms with Gasteiger partial charge in [-0.25, -0.2) is 0 Å². The number of hydrogen-bond donors (Lipinski definition) is 8. The Bertz CT molecular complexity index is 845. The second-order valence-corrected chi connectivity index (χ2v) is 19.3. The van der Waals surface area contributed by atoms with Gasteiger partial charge in [-0.2, -0.15) is 0 Å². The van der Waals surface area contributed by atoms with E-state index in [-0.39, 0.29) is 0 Å². The average molecular weight is 966 g/mol. The minimum atomic E-state index is 0.301. The van der Waals surface area contributed by atoms with Gasteiger partial charge in [0.1, 0.15) is 0 Å². The van der Waals surface area contributed by atoms with Crippen molar-refractivity contribution in [3.63, 3.8) is 0 Å². The van der Waals surface area contributed by atoms with E-state index in [0.29, 0.717) is 18.1 Å². The molecule has 16 heteroatoms. The van der Waals surface area contributed by atoms with Crippen molar-refractivity contribution in [3.05, 3.63) is 0 Å². The molecule has 3 fully saturated rings. The Kier molecular flexibility index (Phi) is 65.1. The van der Waals surface area contributed by atoms with E-state index < -0.39 is 0 Å². The zero-order valence-electron chi connectivity index (χ0n) is 47.8. The standard InChI is InChI=1S/C8H20N2.2C7H16N2.C7H18N2.C6H14N2.C6H16N2.2C5H14N2/c1-7(2)10(6-5-9)8(3)4;1-9-6-2-3-7(9)4-5-8;8-4-7-9-5-2-1-3-6-9;1-3-9(4-2)7-5-6-8;7-3-6-8-4-1-2-5-8;1-3-8(4-2)6-5-7;1-5(6)4-7(2)3;1-7(2)5-3-4-6/h7-8H,5-6,9H2,1-4H3;7H,2-6,8H2,1H3;1-8H2;3-8H2,1-2H3;1-7H2;3-7H2,1-2H3;5H,4,6H2,1-3H3;3-6H2,1-2H3. The summed E-state index contributed by atoms with van der Waals surface area (Å²) in [6, 6.07) is 2.32. The molecule has 67 heavy (non-hydrogen) atoms. The van der Waals surface area contributed by atoms with Crippen LogP contribution in [0.3, 0.4) is 0 Å². The molecule has 16 N–H and O–H groups in total. The van der Waals surface area contributed by atoms with E-state index in [2.05, 4.69) is 116 Å². The summed E-state index contributed by atoms with van der Waals surface area (Å²) in [6.07, 6.45) is 13.0. The van der Waals surface area contributed by atoms with Gasteiger partial charge >= 0.3 is 0 Å². The van der Waals surface area contributed by atoms with Gasteiger partial charge < -0.3 is 80.2 Å². The topological polar surface area (TPSA) is 234 Å². The molecule has 0 aromatic rings. The minimum Gasteiger partial charge on any atom is -0.330 e. The molecule has 3 saturated heterocycles. The van der Waals surface area contributed by atoms with Gasteiger partial charge in [0, 0.05) is 83.1 Å². The normalized spacial score (nSPS) is 16.7. The third-order valence-electron chi connectivity index (χ3n) is 11.8. The Hall–Kier alpha value is -0.640. The van der Waals surface area contributed by atoms with Crippen LogP contribution in [0.1, 0.15) is 127 Å². The Labute approximate surface area is 420 Å². The smallest absolute Gasteiger partial charge is 0.0138 e. The van der Waals surface area contributed by atoms with Crippen LogP contribution < -0.4 is 45.9 Å². The molecular weight excluding hydrogens is 837 g/mol. The summed E-state index contributed by atoms with van der Waals surface area (Å²) in [5, 5.41) is 0. The number of piperidine rings is 1. The van der Waals surface area contributed by atoms with Gasteiger partial charge in [-0.15, -0.1) is 0 Å². The molecule has 0 amide bonds. The molecule has 3 heterocycles. The third-order valence-corrected chi connectivity index (χ3v) is 11.8. The van der Waals surface area contributed by atoms with Gasteiger partial charge in [-0.05, 0) is 219 Å². The summed E-state index contributed by atoms with van der Waals surface area (Å²) in [6.45, 7) is 43.5. The summed E-state index contributed by atoms with van der Waals surface area (Å²) in [7, 11) is 10.3. The first-order valence-electron chi connectivity index (χ1n) is 27.2. The summed E-state index contributed by atoms with van der Waals surface area (Å²) >= 11 is 0. The van der Waals surface area contributed by atoms with Gasteiger partial charge in [0.15, 0.2) is 0 Å². The highest BCUT2D eigenvalue weighted by molar-refractivity contribution is 4.76. The van der Waals surface area contributed by atoms with E-state index in [0.717, 1.165) is 137 Å². The Morgan fingerprint density at radius 1 is 0.478 bits per heavy atom. The fraction of sp³-hybridized carbons (Fsp3) is 1.00. The highest BCUT2D eigenvalue weighted by atomic mass is 15.2. The van der Waals surface area contributed by atoms with Crippen molar-refractivity contribution in [2.75, 3.05) is 186 Å². The third kappa shape index (κ3) is 57.8. The zero-order chi connectivity index (χ0) is 52.3. The first-order valence-corrected chi connectivity index (χ1v) is 27.2. The van der Waals surface area contributed by atoms with Crippen molar-refractivity contribution in [3.8, 4) is 0 Å². The van der Waals surface area contributed by atoms with E-state index in [1.807, 2.05) is 21.0 Å². The van der Waals surface area contributed by atoms with Gasteiger partial charge in [0.25, 0.3) is 0 Å². The van der Waals surface area contributed by atoms with Crippen LogP contribution in [0.5, 0.6) is 0 Å². The van der Waals surface area contributed by atoms with Crippen molar-refractivity contribution in [2.45, 2.75) is 151 Å². The number of likely N-dealkylation sites (tertiary alicyclic amines) is 3. The lowest BCUT2D eigenvalue weighted by Crippen LogP contribution is -2.40. The van der Waals surface area contributed by atoms with Crippen molar-refractivity contribution in [1.82, 2.24) is 39.2 Å². The van der Waals surface area contributed by atoms with Crippen LogP contribution in [-0.2, 0) is 0 Å². The van der Waals surface area contributed by atoms with Gasteiger partial charge in [-0.1, -0.05) is 34.1 Å². The second kappa shape index (κ2) is 57.9. The molecule has 0 aliphatic carbocycles. The molecule has 3 aliphatic heterocycles. The first kappa shape index (κ1) is 75.3. The molecule has 0 aromatic carbocycles. The summed E-state index contributed by atoms with van der Waals surface area (Å²) in [5.41, 5.74) is 43.1. The lowest BCUT2D eigenvalue weighted by molar-refractivity contribution is 0.180. The van der Waals surface area contributed by atoms with Crippen LogP contribution in [0, 0.1) is 0 Å². The SMILES string of the molecule is CC(C)N(CCN)C(C)C.CC(N)CN(C)C.CCN(CC)CCCN.CCN(CC)CCN.CN(C)CCCN.CN1CCCC1CCN.NCCN1CCCC1.NCCN1CCCCC1. The van der Waals surface area contributed by atoms with Crippen LogP contribution in [0.25, 0.3) is 0 Å². The molecule has 0 saturated carbocycles. The van der Waals surface area contributed by atoms with Crippen molar-refractivity contribution in [1.29, 1.82) is 0 Å². The maximum atomic E-state index is 5.46. The highest BCUT2D eigenvalue weighted by Crippen LogP contribution is 2.16. The Morgan fingerprint density at radius 2 is 0.896 bits per heavy atom. The predicted octanol–water partition coefficient (Wildman–Crippen LogP) is 2.72. The van der Waals surface area contributed by atoms with Crippen molar-refractivity contribution in [2.24, 2.45) is 45.9 Å². The molecule has 2 atom stereocenters. The molecule has 0 bridgehead atoms. The predicted molar refractivity (Wildman–Crippen MR) is 302 cm³/mol. The minimum absolute atomic E-state index is 0.301. The second-order valence-electron chi connectivity index (χ2n) is 19.3. The largest absolute Gasteiger partial charge is 0.330 e. The lowest BCUT2D eigenvalue weighted by Gasteiger charge is -2.29. The molecule has 0 aromatic heterocycles. The van der Waals surface area contributed by atoms with Crippen LogP contribution in [-0.4, -0.2) is 249 Å². The fourth-order valence-electron chi connectivity index (χ4n) is 7.91.